The van der Waals surface area contributed by atoms with Crippen LogP contribution in [0.4, 0.5) is 0 Å². The molecule has 1 aliphatic heterocycles. The fourth-order valence-electron chi connectivity index (χ4n) is 4.08. The maximum atomic E-state index is 12.8. The number of benzene rings is 2. The minimum absolute atomic E-state index is 0.0318. The zero-order chi connectivity index (χ0) is 20.4. The van der Waals surface area contributed by atoms with Gasteiger partial charge in [0.15, 0.2) is 5.78 Å². The molecule has 1 atom stereocenters. The van der Waals surface area contributed by atoms with E-state index in [2.05, 4.69) is 11.8 Å². The largest absolute Gasteiger partial charge is 0.377 e. The second kappa shape index (κ2) is 8.02. The van der Waals surface area contributed by atoms with E-state index in [1.807, 2.05) is 36.4 Å². The number of Topliss-reactive ketones (excluding diaryl/α,β-unsaturated/α-hetero) is 1. The number of nitrogens with zero attached hydrogens (tertiary/aromatic N) is 1. The van der Waals surface area contributed by atoms with Crippen LogP contribution in [-0.4, -0.2) is 40.4 Å². The average molecular weight is 408 g/mol. The van der Waals surface area contributed by atoms with Crippen molar-refractivity contribution in [2.24, 2.45) is 0 Å². The van der Waals surface area contributed by atoms with Crippen molar-refractivity contribution < 1.29 is 14.7 Å². The Balaban J connectivity index is 1.36. The summed E-state index contributed by atoms with van der Waals surface area (Å²) in [5.74, 6) is 6.04. The van der Waals surface area contributed by atoms with E-state index in [9.17, 15) is 14.7 Å². The number of hydrogen-bond donors (Lipinski definition) is 1. The zero-order valence-electron chi connectivity index (χ0n) is 16.0. The molecular weight excluding hydrogens is 386 g/mol. The lowest BCUT2D eigenvalue weighted by molar-refractivity contribution is -0.134. The Morgan fingerprint density at radius 2 is 1.93 bits per heavy atom. The Labute approximate surface area is 175 Å². The molecule has 2 aromatic rings. The smallest absolute Gasteiger partial charge is 0.223 e. The molecule has 1 amide bonds. The third kappa shape index (κ3) is 4.37. The predicted molar refractivity (Wildman–Crippen MR) is 112 cm³/mol. The molecule has 1 fully saturated rings. The van der Waals surface area contributed by atoms with Crippen LogP contribution < -0.4 is 0 Å². The van der Waals surface area contributed by atoms with Crippen molar-refractivity contribution in [1.82, 2.24) is 4.90 Å². The minimum atomic E-state index is -1.10. The molecule has 0 unspecified atom stereocenters. The summed E-state index contributed by atoms with van der Waals surface area (Å²) < 4.78 is 0. The molecular formula is C24H22ClNO3. The van der Waals surface area contributed by atoms with Crippen LogP contribution >= 0.6 is 11.6 Å². The zero-order valence-corrected chi connectivity index (χ0v) is 16.8. The van der Waals surface area contributed by atoms with Crippen LogP contribution in [0.15, 0.2) is 48.5 Å². The maximum Gasteiger partial charge on any atom is 0.223 e. The minimum Gasteiger partial charge on any atom is -0.377 e. The molecule has 1 heterocycles. The van der Waals surface area contributed by atoms with Gasteiger partial charge in [0.1, 0.15) is 5.60 Å². The lowest BCUT2D eigenvalue weighted by Crippen LogP contribution is -2.46. The number of ketones is 1. The van der Waals surface area contributed by atoms with Gasteiger partial charge in [-0.05, 0) is 23.8 Å². The van der Waals surface area contributed by atoms with Gasteiger partial charge in [0.25, 0.3) is 0 Å². The number of rotatable bonds is 2. The quantitative estimate of drug-likeness (QED) is 0.770. The summed E-state index contributed by atoms with van der Waals surface area (Å²) in [6.45, 7) is 0.920. The standard InChI is InChI=1S/C24H22ClNO3/c25-19-5-3-4-17(14-19)8-9-24(29)10-12-26(13-11-24)23(28)16-18-15-22(27)21-7-2-1-6-20(18)21/h1-7,14,18,29H,10-13,15-16H2/t18-/m1/s1. The number of carbonyl (C=O) groups is 2. The predicted octanol–water partition coefficient (Wildman–Crippen LogP) is 3.81. The van der Waals surface area contributed by atoms with Gasteiger partial charge in [0.05, 0.1) is 0 Å². The maximum absolute atomic E-state index is 12.8. The molecule has 29 heavy (non-hydrogen) atoms. The highest BCUT2D eigenvalue weighted by Crippen LogP contribution is 2.36. The third-order valence-electron chi connectivity index (χ3n) is 5.76. The van der Waals surface area contributed by atoms with Crippen molar-refractivity contribution in [3.05, 3.63) is 70.2 Å². The van der Waals surface area contributed by atoms with Gasteiger partial charge < -0.3 is 10.0 Å². The van der Waals surface area contributed by atoms with Gasteiger partial charge in [-0.15, -0.1) is 0 Å². The summed E-state index contributed by atoms with van der Waals surface area (Å²) in [7, 11) is 0. The molecule has 0 bridgehead atoms. The van der Waals surface area contributed by atoms with Crippen LogP contribution in [0.5, 0.6) is 0 Å². The van der Waals surface area contributed by atoms with E-state index in [0.29, 0.717) is 43.8 Å². The van der Waals surface area contributed by atoms with E-state index < -0.39 is 5.60 Å². The van der Waals surface area contributed by atoms with Crippen LogP contribution in [0.2, 0.25) is 5.02 Å². The van der Waals surface area contributed by atoms with E-state index in [1.165, 1.54) is 0 Å². The lowest BCUT2D eigenvalue weighted by Gasteiger charge is -2.35. The normalized spacial score (nSPS) is 20.0. The first-order valence-corrected chi connectivity index (χ1v) is 10.2. The fraction of sp³-hybridized carbons (Fsp3) is 0.333. The molecule has 1 N–H and O–H groups in total. The number of carbonyl (C=O) groups excluding carboxylic acids is 2. The highest BCUT2D eigenvalue weighted by molar-refractivity contribution is 6.30. The summed E-state index contributed by atoms with van der Waals surface area (Å²) in [4.78, 5) is 26.7. The molecule has 4 rings (SSSR count). The van der Waals surface area contributed by atoms with Gasteiger partial charge in [-0.3, -0.25) is 9.59 Å². The number of fused-ring (bicyclic) bond motifs is 1. The Morgan fingerprint density at radius 3 is 2.69 bits per heavy atom. The van der Waals surface area contributed by atoms with E-state index in [0.717, 1.165) is 16.7 Å². The summed E-state index contributed by atoms with van der Waals surface area (Å²) >= 11 is 5.97. The van der Waals surface area contributed by atoms with Crippen LogP contribution in [-0.2, 0) is 4.79 Å². The number of likely N-dealkylation sites (tertiary alicyclic amines) is 1. The van der Waals surface area contributed by atoms with Crippen LogP contribution in [0.25, 0.3) is 0 Å². The van der Waals surface area contributed by atoms with Crippen molar-refractivity contribution in [2.45, 2.75) is 37.2 Å². The van der Waals surface area contributed by atoms with E-state index in [1.54, 1.807) is 17.0 Å². The molecule has 1 saturated heterocycles. The first kappa shape index (κ1) is 19.7. The highest BCUT2D eigenvalue weighted by atomic mass is 35.5. The second-order valence-electron chi connectivity index (χ2n) is 7.79. The highest BCUT2D eigenvalue weighted by Gasteiger charge is 2.35. The molecule has 0 spiro atoms. The van der Waals surface area contributed by atoms with Gasteiger partial charge >= 0.3 is 0 Å². The van der Waals surface area contributed by atoms with Gasteiger partial charge in [0.2, 0.25) is 5.91 Å². The fourth-order valence-corrected chi connectivity index (χ4v) is 4.27. The van der Waals surface area contributed by atoms with E-state index in [-0.39, 0.29) is 17.6 Å². The number of aliphatic hydroxyl groups is 1. The summed E-state index contributed by atoms with van der Waals surface area (Å²) in [5, 5.41) is 11.4. The van der Waals surface area contributed by atoms with Gasteiger partial charge in [-0.1, -0.05) is 53.8 Å². The number of piperidine rings is 1. The number of amides is 1. The first-order chi connectivity index (χ1) is 13.9. The van der Waals surface area contributed by atoms with Gasteiger partial charge in [0, 0.05) is 60.8 Å². The van der Waals surface area contributed by atoms with E-state index in [4.69, 9.17) is 11.6 Å². The Hall–Kier alpha value is -2.61. The van der Waals surface area contributed by atoms with Gasteiger partial charge in [-0.25, -0.2) is 0 Å². The van der Waals surface area contributed by atoms with Crippen molar-refractivity contribution in [2.75, 3.05) is 13.1 Å². The molecule has 1 aliphatic carbocycles. The molecule has 5 heteroatoms. The van der Waals surface area contributed by atoms with Gasteiger partial charge in [-0.2, -0.15) is 0 Å². The molecule has 2 aromatic carbocycles. The summed E-state index contributed by atoms with van der Waals surface area (Å²) in [6.07, 6.45) is 1.54. The van der Waals surface area contributed by atoms with E-state index >= 15 is 0 Å². The van der Waals surface area contributed by atoms with Crippen molar-refractivity contribution in [3.8, 4) is 11.8 Å². The molecule has 0 radical (unpaired) electrons. The van der Waals surface area contributed by atoms with Crippen LogP contribution in [0, 0.1) is 11.8 Å². The molecule has 4 nitrogen and oxygen atoms in total. The Kier molecular flexibility index (Phi) is 5.45. The monoisotopic (exact) mass is 407 g/mol. The third-order valence-corrected chi connectivity index (χ3v) is 6.00. The topological polar surface area (TPSA) is 57.6 Å². The van der Waals surface area contributed by atoms with Crippen LogP contribution in [0.1, 0.15) is 53.1 Å². The van der Waals surface area contributed by atoms with Crippen LogP contribution in [0.3, 0.4) is 0 Å². The van der Waals surface area contributed by atoms with Crippen molar-refractivity contribution in [3.63, 3.8) is 0 Å². The Bertz CT molecular complexity index is 1010. The molecule has 148 valence electrons. The second-order valence-corrected chi connectivity index (χ2v) is 8.22. The summed E-state index contributed by atoms with van der Waals surface area (Å²) in [5.41, 5.74) is 1.38. The molecule has 2 aliphatic rings. The van der Waals surface area contributed by atoms with Crippen molar-refractivity contribution in [1.29, 1.82) is 0 Å². The average Bonchev–Trinajstić information content (AvgIpc) is 3.03. The molecule has 0 aromatic heterocycles. The first-order valence-electron chi connectivity index (χ1n) is 9.85. The number of hydrogen-bond acceptors (Lipinski definition) is 3. The lowest BCUT2D eigenvalue weighted by atomic mass is 9.90. The Morgan fingerprint density at radius 1 is 1.17 bits per heavy atom. The summed E-state index contributed by atoms with van der Waals surface area (Å²) in [6, 6.07) is 14.8. The number of halogens is 1. The van der Waals surface area contributed by atoms with Crippen molar-refractivity contribution >= 4 is 23.3 Å². The molecule has 0 saturated carbocycles. The SMILES string of the molecule is O=C1C[C@H](CC(=O)N2CCC(O)(C#Cc3cccc(Cl)c3)CC2)c2ccccc21.